The first kappa shape index (κ1) is 22.5. The molecule has 1 N–H and O–H groups in total. The van der Waals surface area contributed by atoms with Crippen LogP contribution in [0.1, 0.15) is 62.5 Å². The Labute approximate surface area is 200 Å². The first-order valence-electron chi connectivity index (χ1n) is 12.3. The first-order valence-corrected chi connectivity index (χ1v) is 12.3. The number of carbonyl (C=O) groups excluding carboxylic acids is 2. The van der Waals surface area contributed by atoms with Gasteiger partial charge >= 0.3 is 0 Å². The molecule has 3 aromatic rings. The SMILES string of the molecule is CC(C)Oc1ccc(CN2C(=O)c3cc4ccccc4n3C[C@@]2(C)C(=O)NC2CCCC2)cc1. The van der Waals surface area contributed by atoms with Crippen LogP contribution in [0.2, 0.25) is 0 Å². The number of hydrogen-bond donors (Lipinski definition) is 1. The second-order valence-corrected chi connectivity index (χ2v) is 10.1. The maximum atomic E-state index is 13.9. The predicted octanol–water partition coefficient (Wildman–Crippen LogP) is 4.90. The lowest BCUT2D eigenvalue weighted by Gasteiger charge is -2.44. The third-order valence-corrected chi connectivity index (χ3v) is 7.15. The summed E-state index contributed by atoms with van der Waals surface area (Å²) in [4.78, 5) is 29.3. The fourth-order valence-corrected chi connectivity index (χ4v) is 5.29. The highest BCUT2D eigenvalue weighted by molar-refractivity contribution is 6.03. The lowest BCUT2D eigenvalue weighted by atomic mass is 9.93. The lowest BCUT2D eigenvalue weighted by molar-refractivity contribution is -0.133. The van der Waals surface area contributed by atoms with Crippen LogP contribution in [0, 0.1) is 0 Å². The largest absolute Gasteiger partial charge is 0.491 e. The van der Waals surface area contributed by atoms with Gasteiger partial charge < -0.3 is 19.5 Å². The van der Waals surface area contributed by atoms with Crippen molar-refractivity contribution in [2.45, 2.75) is 77.2 Å². The molecule has 0 spiro atoms. The van der Waals surface area contributed by atoms with E-state index >= 15 is 0 Å². The van der Waals surface area contributed by atoms with E-state index in [9.17, 15) is 9.59 Å². The van der Waals surface area contributed by atoms with Crippen LogP contribution in [0.4, 0.5) is 0 Å². The van der Waals surface area contributed by atoms with Crippen molar-refractivity contribution in [1.82, 2.24) is 14.8 Å². The van der Waals surface area contributed by atoms with Gasteiger partial charge in [-0.2, -0.15) is 0 Å². The second kappa shape index (κ2) is 8.82. The molecule has 2 aliphatic rings. The van der Waals surface area contributed by atoms with Gasteiger partial charge in [0.1, 0.15) is 17.0 Å². The van der Waals surface area contributed by atoms with Crippen molar-refractivity contribution >= 4 is 22.7 Å². The van der Waals surface area contributed by atoms with Crippen molar-refractivity contribution in [1.29, 1.82) is 0 Å². The van der Waals surface area contributed by atoms with Crippen LogP contribution in [0.3, 0.4) is 0 Å². The summed E-state index contributed by atoms with van der Waals surface area (Å²) in [6, 6.07) is 17.9. The van der Waals surface area contributed by atoms with Gasteiger partial charge in [-0.3, -0.25) is 9.59 Å². The van der Waals surface area contributed by atoms with Gasteiger partial charge in [0.05, 0.1) is 12.6 Å². The Morgan fingerprint density at radius 3 is 2.53 bits per heavy atom. The van der Waals surface area contributed by atoms with Gasteiger partial charge in [-0.05, 0) is 63.4 Å². The standard InChI is InChI=1S/C28H33N3O3/c1-19(2)34-23-14-12-20(13-15-23)17-31-26(32)25-16-21-8-4-7-11-24(21)30(25)18-28(31,3)27(33)29-22-9-5-6-10-22/h4,7-8,11-16,19,22H,5-6,9-10,17-18H2,1-3H3,(H,29,33)/t28-/m0/s1. The number of ether oxygens (including phenoxy) is 1. The molecule has 0 bridgehead atoms. The van der Waals surface area contributed by atoms with Gasteiger partial charge in [0.15, 0.2) is 0 Å². The molecule has 2 aromatic carbocycles. The predicted molar refractivity (Wildman–Crippen MR) is 133 cm³/mol. The zero-order valence-corrected chi connectivity index (χ0v) is 20.2. The molecule has 1 atom stereocenters. The van der Waals surface area contributed by atoms with E-state index in [2.05, 4.69) is 5.32 Å². The number of rotatable bonds is 6. The van der Waals surface area contributed by atoms with E-state index in [1.165, 1.54) is 0 Å². The van der Waals surface area contributed by atoms with Crippen molar-refractivity contribution < 1.29 is 14.3 Å². The van der Waals surface area contributed by atoms with E-state index in [0.29, 0.717) is 18.8 Å². The summed E-state index contributed by atoms with van der Waals surface area (Å²) in [5.74, 6) is 0.607. The van der Waals surface area contributed by atoms with Crippen LogP contribution in [-0.4, -0.2) is 39.0 Å². The Balaban J connectivity index is 1.50. The average Bonchev–Trinajstić information content (AvgIpc) is 3.45. The Morgan fingerprint density at radius 2 is 1.82 bits per heavy atom. The molecule has 34 heavy (non-hydrogen) atoms. The van der Waals surface area contributed by atoms with Crippen LogP contribution in [0.15, 0.2) is 54.6 Å². The Hall–Kier alpha value is -3.28. The number of aromatic nitrogens is 1. The Kier molecular flexibility index (Phi) is 5.84. The van der Waals surface area contributed by atoms with Gasteiger partial charge in [0.2, 0.25) is 5.91 Å². The number of para-hydroxylation sites is 1. The summed E-state index contributed by atoms with van der Waals surface area (Å²) >= 11 is 0. The molecule has 2 amide bonds. The van der Waals surface area contributed by atoms with E-state index in [1.807, 2.05) is 79.9 Å². The number of hydrogen-bond acceptors (Lipinski definition) is 3. The fourth-order valence-electron chi connectivity index (χ4n) is 5.29. The van der Waals surface area contributed by atoms with Crippen molar-refractivity contribution in [3.8, 4) is 5.75 Å². The van der Waals surface area contributed by atoms with Gasteiger partial charge in [-0.15, -0.1) is 0 Å². The summed E-state index contributed by atoms with van der Waals surface area (Å²) < 4.78 is 7.78. The van der Waals surface area contributed by atoms with Crippen LogP contribution in [0.5, 0.6) is 5.75 Å². The minimum atomic E-state index is -0.998. The number of nitrogens with one attached hydrogen (secondary N) is 1. The highest BCUT2D eigenvalue weighted by Crippen LogP contribution is 2.34. The van der Waals surface area contributed by atoms with Gasteiger partial charge in [0.25, 0.3) is 5.91 Å². The zero-order valence-electron chi connectivity index (χ0n) is 20.2. The second-order valence-electron chi connectivity index (χ2n) is 10.1. The van der Waals surface area contributed by atoms with E-state index < -0.39 is 5.54 Å². The smallest absolute Gasteiger partial charge is 0.271 e. The fraction of sp³-hybridized carbons (Fsp3) is 0.429. The average molecular weight is 460 g/mol. The molecule has 1 aromatic heterocycles. The molecular formula is C28H33N3O3. The highest BCUT2D eigenvalue weighted by Gasteiger charge is 2.48. The summed E-state index contributed by atoms with van der Waals surface area (Å²) in [7, 11) is 0. The molecule has 2 heterocycles. The lowest BCUT2D eigenvalue weighted by Crippen LogP contribution is -2.64. The van der Waals surface area contributed by atoms with E-state index in [0.717, 1.165) is 47.9 Å². The number of carbonyl (C=O) groups is 2. The normalized spacial score (nSPS) is 20.7. The maximum absolute atomic E-state index is 13.9. The molecule has 6 nitrogen and oxygen atoms in total. The molecule has 0 saturated heterocycles. The van der Waals surface area contributed by atoms with E-state index in [1.54, 1.807) is 4.90 Å². The Morgan fingerprint density at radius 1 is 1.12 bits per heavy atom. The van der Waals surface area contributed by atoms with Crippen molar-refractivity contribution in [2.24, 2.45) is 0 Å². The quantitative estimate of drug-likeness (QED) is 0.570. The molecular weight excluding hydrogens is 426 g/mol. The third-order valence-electron chi connectivity index (χ3n) is 7.15. The minimum absolute atomic E-state index is 0.0732. The van der Waals surface area contributed by atoms with Gasteiger partial charge in [0, 0.05) is 23.5 Å². The molecule has 5 rings (SSSR count). The number of nitrogens with zero attached hydrogens (tertiary/aromatic N) is 2. The number of benzene rings is 2. The third kappa shape index (κ3) is 4.06. The van der Waals surface area contributed by atoms with E-state index in [-0.39, 0.29) is 24.0 Å². The molecule has 1 saturated carbocycles. The molecule has 0 radical (unpaired) electrons. The summed E-state index contributed by atoms with van der Waals surface area (Å²) in [6.45, 7) is 6.68. The van der Waals surface area contributed by atoms with Crippen molar-refractivity contribution in [2.75, 3.05) is 0 Å². The van der Waals surface area contributed by atoms with Crippen LogP contribution in [-0.2, 0) is 17.9 Å². The van der Waals surface area contributed by atoms with Crippen LogP contribution >= 0.6 is 0 Å². The monoisotopic (exact) mass is 459 g/mol. The molecule has 178 valence electrons. The molecule has 1 fully saturated rings. The summed E-state index contributed by atoms with van der Waals surface area (Å²) in [5.41, 5.74) is 1.59. The molecule has 6 heteroatoms. The van der Waals surface area contributed by atoms with Gasteiger partial charge in [-0.25, -0.2) is 0 Å². The summed E-state index contributed by atoms with van der Waals surface area (Å²) in [5, 5.41) is 4.28. The first-order chi connectivity index (χ1) is 16.3. The van der Waals surface area contributed by atoms with Crippen LogP contribution < -0.4 is 10.1 Å². The maximum Gasteiger partial charge on any atom is 0.271 e. The van der Waals surface area contributed by atoms with Crippen molar-refractivity contribution in [3.05, 3.63) is 65.9 Å². The molecule has 1 aliphatic carbocycles. The summed E-state index contributed by atoms with van der Waals surface area (Å²) in [6.07, 6.45) is 4.39. The van der Waals surface area contributed by atoms with Crippen LogP contribution in [0.25, 0.3) is 10.9 Å². The van der Waals surface area contributed by atoms with E-state index in [4.69, 9.17) is 4.74 Å². The highest BCUT2D eigenvalue weighted by atomic mass is 16.5. The molecule has 1 aliphatic heterocycles. The minimum Gasteiger partial charge on any atom is -0.491 e. The molecule has 0 unspecified atom stereocenters. The van der Waals surface area contributed by atoms with Gasteiger partial charge in [-0.1, -0.05) is 43.2 Å². The number of fused-ring (bicyclic) bond motifs is 3. The topological polar surface area (TPSA) is 63.6 Å². The Bertz CT molecular complexity index is 1210. The van der Waals surface area contributed by atoms with Crippen molar-refractivity contribution in [3.63, 3.8) is 0 Å². The zero-order chi connectivity index (χ0) is 23.9. The number of amides is 2.